The molecule has 180 valence electrons. The molecular weight excluding hydrogens is 442 g/mol. The quantitative estimate of drug-likeness (QED) is 0.286. The number of aliphatic hydroxyl groups is 1. The van der Waals surface area contributed by atoms with Crippen LogP contribution in [0.4, 0.5) is 0 Å². The summed E-state index contributed by atoms with van der Waals surface area (Å²) in [5, 5.41) is 11.2. The Morgan fingerprint density at radius 2 is 1.66 bits per heavy atom. The molecule has 3 aromatic rings. The number of amides is 1. The summed E-state index contributed by atoms with van der Waals surface area (Å²) in [4.78, 5) is 27.3. The minimum Gasteiger partial charge on any atom is -0.507 e. The molecule has 1 fully saturated rings. The molecule has 1 aliphatic rings. The lowest BCUT2D eigenvalue weighted by Crippen LogP contribution is -2.32. The van der Waals surface area contributed by atoms with Crippen LogP contribution in [0, 0.1) is 13.8 Å². The van der Waals surface area contributed by atoms with Crippen LogP contribution in [0.5, 0.6) is 5.75 Å². The molecule has 0 saturated carbocycles. The molecule has 0 aromatic heterocycles. The number of aliphatic hydroxyl groups excluding tert-OH is 1. The average Bonchev–Trinajstić information content (AvgIpc) is 3.11. The van der Waals surface area contributed by atoms with Crippen molar-refractivity contribution in [3.63, 3.8) is 0 Å². The van der Waals surface area contributed by atoms with Gasteiger partial charge in [-0.3, -0.25) is 9.59 Å². The minimum atomic E-state index is -0.705. The highest BCUT2D eigenvalue weighted by molar-refractivity contribution is 6.46. The van der Waals surface area contributed by atoms with Crippen molar-refractivity contribution in [2.75, 3.05) is 20.3 Å². The van der Waals surface area contributed by atoms with Gasteiger partial charge in [0.05, 0.1) is 18.2 Å². The summed E-state index contributed by atoms with van der Waals surface area (Å²) in [6, 6.07) is 21.9. The molecule has 1 N–H and O–H groups in total. The Balaban J connectivity index is 1.63. The zero-order chi connectivity index (χ0) is 24.9. The second-order valence-corrected chi connectivity index (χ2v) is 8.70. The summed E-state index contributed by atoms with van der Waals surface area (Å²) in [6.45, 7) is 4.94. The standard InChI is InChI=1S/C29H29NO5/c1-19-7-9-22(10-8-19)26-25(28(32)29(33)30(26)15-16-34-3)27(31)23-11-13-24(14-12-23)35-18-21-6-4-5-20(2)17-21/h4-14,17,26,31H,15-16,18H2,1-3H3. The molecular formula is C29H29NO5. The van der Waals surface area contributed by atoms with Gasteiger partial charge in [-0.1, -0.05) is 59.7 Å². The van der Waals surface area contributed by atoms with Crippen LogP contribution >= 0.6 is 0 Å². The van der Waals surface area contributed by atoms with Gasteiger partial charge in [0, 0.05) is 19.2 Å². The number of methoxy groups -OCH3 is 1. The number of ether oxygens (including phenoxy) is 2. The van der Waals surface area contributed by atoms with E-state index in [0.29, 0.717) is 17.9 Å². The van der Waals surface area contributed by atoms with Crippen molar-refractivity contribution < 1.29 is 24.2 Å². The van der Waals surface area contributed by atoms with Gasteiger partial charge in [0.1, 0.15) is 18.1 Å². The van der Waals surface area contributed by atoms with E-state index in [0.717, 1.165) is 22.3 Å². The van der Waals surface area contributed by atoms with Crippen LogP contribution < -0.4 is 4.74 Å². The Hall–Kier alpha value is -3.90. The Labute approximate surface area is 205 Å². The van der Waals surface area contributed by atoms with Gasteiger partial charge >= 0.3 is 0 Å². The van der Waals surface area contributed by atoms with Crippen LogP contribution in [0.1, 0.15) is 33.9 Å². The van der Waals surface area contributed by atoms with Crippen molar-refractivity contribution in [2.45, 2.75) is 26.5 Å². The molecule has 0 aliphatic carbocycles. The summed E-state index contributed by atoms with van der Waals surface area (Å²) in [5.41, 5.74) is 4.55. The van der Waals surface area contributed by atoms with Gasteiger partial charge in [0.25, 0.3) is 11.7 Å². The molecule has 1 aliphatic heterocycles. The second kappa shape index (κ2) is 10.6. The van der Waals surface area contributed by atoms with E-state index in [-0.39, 0.29) is 24.5 Å². The third-order valence-electron chi connectivity index (χ3n) is 6.09. The van der Waals surface area contributed by atoms with Crippen LogP contribution in [-0.2, 0) is 20.9 Å². The Bertz CT molecular complexity index is 1240. The van der Waals surface area contributed by atoms with E-state index >= 15 is 0 Å². The van der Waals surface area contributed by atoms with Crippen LogP contribution in [-0.4, -0.2) is 42.0 Å². The Morgan fingerprint density at radius 3 is 2.31 bits per heavy atom. The first-order valence-electron chi connectivity index (χ1n) is 11.5. The number of hydrogen-bond donors (Lipinski definition) is 1. The summed E-state index contributed by atoms with van der Waals surface area (Å²) in [7, 11) is 1.54. The normalized spacial score (nSPS) is 17.1. The van der Waals surface area contributed by atoms with Crippen LogP contribution in [0.2, 0.25) is 0 Å². The summed E-state index contributed by atoms with van der Waals surface area (Å²) in [5.74, 6) is -0.922. The molecule has 1 saturated heterocycles. The predicted octanol–water partition coefficient (Wildman–Crippen LogP) is 4.95. The number of ketones is 1. The maximum absolute atomic E-state index is 13.0. The van der Waals surface area contributed by atoms with Gasteiger partial charge in [0.15, 0.2) is 0 Å². The fraction of sp³-hybridized carbons (Fsp3) is 0.241. The van der Waals surface area contributed by atoms with Gasteiger partial charge in [-0.05, 0) is 49.2 Å². The SMILES string of the molecule is COCCN1C(=O)C(=O)C(=C(O)c2ccc(OCc3cccc(C)c3)cc2)C1c1ccc(C)cc1. The number of benzene rings is 3. The highest BCUT2D eigenvalue weighted by Crippen LogP contribution is 2.39. The largest absolute Gasteiger partial charge is 0.507 e. The number of hydrogen-bond acceptors (Lipinski definition) is 5. The summed E-state index contributed by atoms with van der Waals surface area (Å²) >= 11 is 0. The van der Waals surface area contributed by atoms with Gasteiger partial charge in [-0.2, -0.15) is 0 Å². The number of nitrogens with zero attached hydrogens (tertiary/aromatic N) is 1. The van der Waals surface area contributed by atoms with E-state index < -0.39 is 17.7 Å². The molecule has 1 unspecified atom stereocenters. The van der Waals surface area contributed by atoms with Crippen molar-refractivity contribution in [1.29, 1.82) is 0 Å². The van der Waals surface area contributed by atoms with Crippen molar-refractivity contribution in [3.8, 4) is 5.75 Å². The number of aryl methyl sites for hydroxylation is 2. The molecule has 1 amide bonds. The van der Waals surface area contributed by atoms with E-state index in [2.05, 4.69) is 6.07 Å². The summed E-state index contributed by atoms with van der Waals surface area (Å²) in [6.07, 6.45) is 0. The smallest absolute Gasteiger partial charge is 0.295 e. The fourth-order valence-electron chi connectivity index (χ4n) is 4.23. The Kier molecular flexibility index (Phi) is 7.32. The van der Waals surface area contributed by atoms with Gasteiger partial charge in [0.2, 0.25) is 0 Å². The zero-order valence-corrected chi connectivity index (χ0v) is 20.2. The van der Waals surface area contributed by atoms with Crippen molar-refractivity contribution in [2.24, 2.45) is 0 Å². The number of Topliss-reactive ketones (excluding diaryl/α,β-unsaturated/α-hetero) is 1. The first kappa shape index (κ1) is 24.2. The first-order chi connectivity index (χ1) is 16.9. The molecule has 3 aromatic carbocycles. The van der Waals surface area contributed by atoms with Gasteiger partial charge < -0.3 is 19.5 Å². The fourth-order valence-corrected chi connectivity index (χ4v) is 4.23. The summed E-state index contributed by atoms with van der Waals surface area (Å²) < 4.78 is 11.0. The maximum atomic E-state index is 13.0. The minimum absolute atomic E-state index is 0.0726. The second-order valence-electron chi connectivity index (χ2n) is 8.70. The van der Waals surface area contributed by atoms with Gasteiger partial charge in [-0.25, -0.2) is 0 Å². The highest BCUT2D eigenvalue weighted by atomic mass is 16.5. The molecule has 0 radical (unpaired) electrons. The Morgan fingerprint density at radius 1 is 0.943 bits per heavy atom. The lowest BCUT2D eigenvalue weighted by Gasteiger charge is -2.25. The molecule has 6 heteroatoms. The van der Waals surface area contributed by atoms with Crippen molar-refractivity contribution >= 4 is 17.4 Å². The molecule has 35 heavy (non-hydrogen) atoms. The third kappa shape index (κ3) is 5.28. The number of carbonyl (C=O) groups is 2. The van der Waals surface area contributed by atoms with E-state index in [4.69, 9.17) is 9.47 Å². The molecule has 4 rings (SSSR count). The monoisotopic (exact) mass is 471 g/mol. The highest BCUT2D eigenvalue weighted by Gasteiger charge is 2.45. The van der Waals surface area contributed by atoms with Crippen LogP contribution in [0.25, 0.3) is 5.76 Å². The zero-order valence-electron chi connectivity index (χ0n) is 20.2. The molecule has 0 spiro atoms. The van der Waals surface area contributed by atoms with E-state index in [1.54, 1.807) is 31.4 Å². The van der Waals surface area contributed by atoms with Crippen molar-refractivity contribution in [3.05, 3.63) is 106 Å². The topological polar surface area (TPSA) is 76.1 Å². The van der Waals surface area contributed by atoms with Gasteiger partial charge in [-0.15, -0.1) is 0 Å². The lowest BCUT2D eigenvalue weighted by molar-refractivity contribution is -0.140. The van der Waals surface area contributed by atoms with Crippen LogP contribution in [0.15, 0.2) is 78.4 Å². The molecule has 1 heterocycles. The van der Waals surface area contributed by atoms with Crippen LogP contribution in [0.3, 0.4) is 0 Å². The maximum Gasteiger partial charge on any atom is 0.295 e. The number of carbonyl (C=O) groups excluding carboxylic acids is 2. The molecule has 1 atom stereocenters. The average molecular weight is 472 g/mol. The number of rotatable bonds is 8. The molecule has 6 nitrogen and oxygen atoms in total. The van der Waals surface area contributed by atoms with Crippen molar-refractivity contribution in [1.82, 2.24) is 4.90 Å². The lowest BCUT2D eigenvalue weighted by atomic mass is 9.94. The van der Waals surface area contributed by atoms with E-state index in [9.17, 15) is 14.7 Å². The number of likely N-dealkylation sites (tertiary alicyclic amines) is 1. The van der Waals surface area contributed by atoms with E-state index in [1.165, 1.54) is 4.90 Å². The molecule has 0 bridgehead atoms. The third-order valence-corrected chi connectivity index (χ3v) is 6.09. The predicted molar refractivity (Wildman–Crippen MR) is 134 cm³/mol. The first-order valence-corrected chi connectivity index (χ1v) is 11.5. The van der Waals surface area contributed by atoms with E-state index in [1.807, 2.05) is 56.3 Å².